The quantitative estimate of drug-likeness (QED) is 0.164. The van der Waals surface area contributed by atoms with E-state index in [1.807, 2.05) is 6.08 Å². The molecule has 2 rings (SSSR count). The highest BCUT2D eigenvalue weighted by Gasteiger charge is 2.25. The second-order valence-corrected chi connectivity index (χ2v) is 10.8. The maximum atomic E-state index is 4.16. The fraction of sp³-hybridized carbons (Fsp3) is 0.576. The van der Waals surface area contributed by atoms with E-state index in [4.69, 9.17) is 0 Å². The van der Waals surface area contributed by atoms with Gasteiger partial charge in [-0.05, 0) is 108 Å². The van der Waals surface area contributed by atoms with Gasteiger partial charge in [-0.3, -0.25) is 4.90 Å². The van der Waals surface area contributed by atoms with Gasteiger partial charge in [0.05, 0.1) is 0 Å². The van der Waals surface area contributed by atoms with Crippen molar-refractivity contribution in [2.24, 2.45) is 0 Å². The van der Waals surface area contributed by atoms with Crippen molar-refractivity contribution in [3.8, 4) is 0 Å². The normalized spacial score (nSPS) is 15.8. The van der Waals surface area contributed by atoms with Crippen LogP contribution in [0.4, 0.5) is 0 Å². The molecule has 2 nitrogen and oxygen atoms in total. The molecule has 35 heavy (non-hydrogen) atoms. The summed E-state index contributed by atoms with van der Waals surface area (Å²) in [7, 11) is 2.24. The van der Waals surface area contributed by atoms with Crippen molar-refractivity contribution in [3.05, 3.63) is 78.4 Å². The zero-order valence-electron chi connectivity index (χ0n) is 23.2. The second kappa shape index (κ2) is 16.0. The number of unbranched alkanes of at least 4 members (excludes halogenated alkanes) is 5. The third-order valence-electron chi connectivity index (χ3n) is 7.71. The molecule has 0 saturated carbocycles. The van der Waals surface area contributed by atoms with E-state index in [2.05, 4.69) is 81.3 Å². The predicted molar refractivity (Wildman–Crippen MR) is 157 cm³/mol. The van der Waals surface area contributed by atoms with Crippen LogP contribution in [-0.4, -0.2) is 42.5 Å². The SMILES string of the molecule is C=CCCCCCCCN1CCC(c2cc(C)cc(C=C)c2CN(C)C(C=C)CCC(=C)C)CC1. The fourth-order valence-corrected chi connectivity index (χ4v) is 5.50. The molecule has 1 atom stereocenters. The molecular weight excluding hydrogens is 424 g/mol. The van der Waals surface area contributed by atoms with Crippen LogP contribution in [0.25, 0.3) is 6.08 Å². The number of allylic oxidation sites excluding steroid dienone is 2. The summed E-state index contributed by atoms with van der Waals surface area (Å²) < 4.78 is 0. The summed E-state index contributed by atoms with van der Waals surface area (Å²) in [5, 5.41) is 0. The van der Waals surface area contributed by atoms with E-state index in [0.717, 1.165) is 19.4 Å². The van der Waals surface area contributed by atoms with Gasteiger partial charge in [-0.15, -0.1) is 19.7 Å². The van der Waals surface area contributed by atoms with Crippen LogP contribution in [0.2, 0.25) is 0 Å². The summed E-state index contributed by atoms with van der Waals surface area (Å²) in [6.07, 6.45) is 18.7. The van der Waals surface area contributed by atoms with Crippen LogP contribution in [0.15, 0.2) is 56.2 Å². The molecule has 0 aromatic heterocycles. The molecule has 194 valence electrons. The van der Waals surface area contributed by atoms with Crippen molar-refractivity contribution < 1.29 is 0 Å². The summed E-state index contributed by atoms with van der Waals surface area (Å²) in [5.74, 6) is 0.643. The summed E-state index contributed by atoms with van der Waals surface area (Å²) in [5.41, 5.74) is 6.91. The van der Waals surface area contributed by atoms with Crippen molar-refractivity contribution in [1.82, 2.24) is 9.80 Å². The van der Waals surface area contributed by atoms with Gasteiger partial charge in [-0.1, -0.05) is 67.3 Å². The molecule has 1 aliphatic rings. The first-order chi connectivity index (χ1) is 16.9. The van der Waals surface area contributed by atoms with Gasteiger partial charge < -0.3 is 4.90 Å². The summed E-state index contributed by atoms with van der Waals surface area (Å²) in [6.45, 7) is 25.2. The van der Waals surface area contributed by atoms with E-state index in [9.17, 15) is 0 Å². The van der Waals surface area contributed by atoms with Crippen molar-refractivity contribution in [2.75, 3.05) is 26.7 Å². The molecule has 1 saturated heterocycles. The van der Waals surface area contributed by atoms with Crippen LogP contribution in [0.1, 0.15) is 99.3 Å². The van der Waals surface area contributed by atoms with Crippen molar-refractivity contribution in [1.29, 1.82) is 0 Å². The molecule has 1 aromatic carbocycles. The molecule has 1 aliphatic heterocycles. The topological polar surface area (TPSA) is 6.48 Å². The van der Waals surface area contributed by atoms with E-state index < -0.39 is 0 Å². The molecule has 0 bridgehead atoms. The lowest BCUT2D eigenvalue weighted by Gasteiger charge is -2.35. The number of likely N-dealkylation sites (tertiary alicyclic amines) is 1. The van der Waals surface area contributed by atoms with Crippen LogP contribution < -0.4 is 0 Å². The number of nitrogens with zero attached hydrogens (tertiary/aromatic N) is 2. The Morgan fingerprint density at radius 3 is 2.40 bits per heavy atom. The molecule has 0 aliphatic carbocycles. The molecular formula is C33H52N2. The zero-order valence-corrected chi connectivity index (χ0v) is 23.2. The largest absolute Gasteiger partial charge is 0.303 e. The van der Waals surface area contributed by atoms with E-state index in [1.54, 1.807) is 5.56 Å². The molecule has 0 N–H and O–H groups in total. The Balaban J connectivity index is 2.00. The van der Waals surface area contributed by atoms with Gasteiger partial charge in [0.15, 0.2) is 0 Å². The van der Waals surface area contributed by atoms with Crippen molar-refractivity contribution >= 4 is 6.08 Å². The third-order valence-corrected chi connectivity index (χ3v) is 7.71. The van der Waals surface area contributed by atoms with Gasteiger partial charge in [-0.25, -0.2) is 0 Å². The minimum absolute atomic E-state index is 0.358. The first-order valence-corrected chi connectivity index (χ1v) is 14.0. The average Bonchev–Trinajstić information content (AvgIpc) is 2.84. The van der Waals surface area contributed by atoms with E-state index in [1.165, 1.54) is 93.3 Å². The van der Waals surface area contributed by atoms with Crippen LogP contribution in [0, 0.1) is 6.92 Å². The third kappa shape index (κ3) is 9.94. The molecule has 2 heteroatoms. The minimum Gasteiger partial charge on any atom is -0.303 e. The first-order valence-electron chi connectivity index (χ1n) is 14.0. The van der Waals surface area contributed by atoms with Crippen LogP contribution >= 0.6 is 0 Å². The lowest BCUT2D eigenvalue weighted by Crippen LogP contribution is -2.34. The number of hydrogen-bond donors (Lipinski definition) is 0. The maximum absolute atomic E-state index is 4.16. The monoisotopic (exact) mass is 476 g/mol. The zero-order chi connectivity index (χ0) is 25.6. The number of rotatable bonds is 17. The van der Waals surface area contributed by atoms with Crippen molar-refractivity contribution in [2.45, 2.75) is 96.6 Å². The van der Waals surface area contributed by atoms with Crippen LogP contribution in [0.5, 0.6) is 0 Å². The number of piperidine rings is 1. The molecule has 1 heterocycles. The molecule has 0 amide bonds. The first kappa shape index (κ1) is 29.3. The van der Waals surface area contributed by atoms with Crippen LogP contribution in [0.3, 0.4) is 0 Å². The number of benzene rings is 1. The highest BCUT2D eigenvalue weighted by Crippen LogP contribution is 2.34. The van der Waals surface area contributed by atoms with E-state index in [0.29, 0.717) is 12.0 Å². The van der Waals surface area contributed by atoms with Gasteiger partial charge in [0, 0.05) is 12.6 Å². The lowest BCUT2D eigenvalue weighted by molar-refractivity contribution is 0.206. The van der Waals surface area contributed by atoms with Gasteiger partial charge in [0.1, 0.15) is 0 Å². The summed E-state index contributed by atoms with van der Waals surface area (Å²) in [6, 6.07) is 5.12. The lowest BCUT2D eigenvalue weighted by atomic mass is 9.83. The Morgan fingerprint density at radius 1 is 1.09 bits per heavy atom. The van der Waals surface area contributed by atoms with Gasteiger partial charge in [-0.2, -0.15) is 0 Å². The standard InChI is InChI=1S/C33H52N2/c1-8-11-12-13-14-15-16-21-35-22-19-30(20-23-35)32-25-28(6)24-29(9-2)33(32)26-34(7)31(10-3)18-17-27(4)5/h8-10,24-25,30-31H,1-4,11-23,26H2,5-7H3. The van der Waals surface area contributed by atoms with Gasteiger partial charge >= 0.3 is 0 Å². The Morgan fingerprint density at radius 2 is 1.77 bits per heavy atom. The minimum atomic E-state index is 0.358. The van der Waals surface area contributed by atoms with Crippen molar-refractivity contribution in [3.63, 3.8) is 0 Å². The van der Waals surface area contributed by atoms with Crippen LogP contribution in [-0.2, 0) is 6.54 Å². The molecule has 1 fully saturated rings. The highest BCUT2D eigenvalue weighted by molar-refractivity contribution is 5.57. The van der Waals surface area contributed by atoms with Gasteiger partial charge in [0.25, 0.3) is 0 Å². The molecule has 0 radical (unpaired) electrons. The molecule has 0 spiro atoms. The van der Waals surface area contributed by atoms with E-state index in [-0.39, 0.29) is 0 Å². The molecule has 1 aromatic rings. The van der Waals surface area contributed by atoms with Gasteiger partial charge in [0.2, 0.25) is 0 Å². The predicted octanol–water partition coefficient (Wildman–Crippen LogP) is 8.69. The number of aryl methyl sites for hydroxylation is 1. The Labute approximate surface area is 217 Å². The Hall–Kier alpha value is -1.90. The summed E-state index contributed by atoms with van der Waals surface area (Å²) >= 11 is 0. The number of likely N-dealkylation sites (N-methyl/N-ethyl adjacent to an activating group) is 1. The van der Waals surface area contributed by atoms with E-state index >= 15 is 0 Å². The summed E-state index contributed by atoms with van der Waals surface area (Å²) in [4.78, 5) is 5.16. The second-order valence-electron chi connectivity index (χ2n) is 10.8. The Kier molecular flexibility index (Phi) is 13.4. The highest BCUT2D eigenvalue weighted by atomic mass is 15.1. The fourth-order valence-electron chi connectivity index (χ4n) is 5.50. The smallest absolute Gasteiger partial charge is 0.0279 e. The Bertz CT molecular complexity index is 813. The molecule has 1 unspecified atom stereocenters. The number of hydrogen-bond acceptors (Lipinski definition) is 2. The maximum Gasteiger partial charge on any atom is 0.0279 e. The average molecular weight is 477 g/mol.